The van der Waals surface area contributed by atoms with Crippen molar-refractivity contribution in [3.8, 4) is 0 Å². The van der Waals surface area contributed by atoms with Crippen molar-refractivity contribution in [3.63, 3.8) is 0 Å². The van der Waals surface area contributed by atoms with E-state index in [2.05, 4.69) is 121 Å². The fourth-order valence-electron chi connectivity index (χ4n) is 5.41. The number of allylic oxidation sites excluding steroid dienone is 3. The van der Waals surface area contributed by atoms with Crippen LogP contribution < -0.4 is 4.90 Å². The Morgan fingerprint density at radius 3 is 1.85 bits per heavy atom. The smallest absolute Gasteiger partial charge is 0.0995 e. The first-order valence-electron chi connectivity index (χ1n) is 12.5. The third-order valence-electron chi connectivity index (χ3n) is 7.02. The largest absolute Gasteiger partial charge is 0.327 e. The molecule has 0 unspecified atom stereocenters. The number of nitrogens with zero attached hydrogens (tertiary/aromatic N) is 2. The van der Waals surface area contributed by atoms with E-state index in [9.17, 15) is 0 Å². The molecule has 0 aliphatic carbocycles. The molecule has 4 rings (SSSR count). The normalized spacial score (nSPS) is 15.6. The molecule has 2 aliphatic heterocycles. The van der Waals surface area contributed by atoms with Crippen LogP contribution in [0.15, 0.2) is 54.4 Å². The molecule has 0 saturated carbocycles. The summed E-state index contributed by atoms with van der Waals surface area (Å²) < 4.78 is 0. The van der Waals surface area contributed by atoms with Gasteiger partial charge in [0.25, 0.3) is 0 Å². The zero-order valence-corrected chi connectivity index (χ0v) is 22.0. The van der Waals surface area contributed by atoms with Gasteiger partial charge in [-0.25, -0.2) is 0 Å². The van der Waals surface area contributed by atoms with Crippen molar-refractivity contribution in [2.75, 3.05) is 11.6 Å². The molecular weight excluding hydrogens is 400 g/mol. The topological polar surface area (TPSA) is 6.48 Å². The molecule has 2 aliphatic rings. The SMILES string of the molecule is Cc1cc(C)c(N2C=C3C=CC=C(c4c(C(C)C)cc(C(C)C)cc4C(C)C)N3C2)c(C)c1. The molecule has 0 fully saturated rings. The van der Waals surface area contributed by atoms with Gasteiger partial charge < -0.3 is 9.80 Å². The van der Waals surface area contributed by atoms with Crippen LogP contribution in [-0.4, -0.2) is 11.6 Å². The molecule has 0 atom stereocenters. The summed E-state index contributed by atoms with van der Waals surface area (Å²) in [5, 5.41) is 0. The van der Waals surface area contributed by atoms with Crippen molar-refractivity contribution in [1.29, 1.82) is 0 Å². The van der Waals surface area contributed by atoms with E-state index in [-0.39, 0.29) is 0 Å². The summed E-state index contributed by atoms with van der Waals surface area (Å²) in [4.78, 5) is 4.93. The van der Waals surface area contributed by atoms with Gasteiger partial charge in [0.1, 0.15) is 0 Å². The van der Waals surface area contributed by atoms with E-state index in [1.165, 1.54) is 56.0 Å². The van der Waals surface area contributed by atoms with Gasteiger partial charge in [0.2, 0.25) is 0 Å². The van der Waals surface area contributed by atoms with Gasteiger partial charge in [0, 0.05) is 17.5 Å². The standard InChI is InChI=1S/C31H40N2/c1-19(2)25-15-27(20(3)4)30(28(16-25)21(5)6)29-12-10-11-26-17-32(18-33(26)29)31-23(8)13-22(7)14-24(31)9/h10-17,19-21H,18H2,1-9H3. The zero-order valence-electron chi connectivity index (χ0n) is 22.0. The zero-order chi connectivity index (χ0) is 24.0. The van der Waals surface area contributed by atoms with E-state index in [1.807, 2.05) is 0 Å². The Bertz CT molecular complexity index is 1110. The van der Waals surface area contributed by atoms with Gasteiger partial charge in [-0.1, -0.05) is 77.4 Å². The highest BCUT2D eigenvalue weighted by Gasteiger charge is 2.30. The minimum atomic E-state index is 0.468. The first-order chi connectivity index (χ1) is 15.6. The van der Waals surface area contributed by atoms with Gasteiger partial charge in [-0.2, -0.15) is 0 Å². The third-order valence-corrected chi connectivity index (χ3v) is 7.02. The summed E-state index contributed by atoms with van der Waals surface area (Å²) in [5.41, 5.74) is 13.7. The lowest BCUT2D eigenvalue weighted by molar-refractivity contribution is 0.541. The number of hydrogen-bond acceptors (Lipinski definition) is 2. The molecule has 0 radical (unpaired) electrons. The molecule has 33 heavy (non-hydrogen) atoms. The second kappa shape index (κ2) is 8.89. The first kappa shape index (κ1) is 23.4. The summed E-state index contributed by atoms with van der Waals surface area (Å²) in [7, 11) is 0. The quantitative estimate of drug-likeness (QED) is 0.460. The molecule has 174 valence electrons. The van der Waals surface area contributed by atoms with Crippen LogP contribution in [0, 0.1) is 20.8 Å². The van der Waals surface area contributed by atoms with Gasteiger partial charge >= 0.3 is 0 Å². The number of rotatable bonds is 5. The fraction of sp³-hybridized carbons (Fsp3) is 0.419. The monoisotopic (exact) mass is 440 g/mol. The van der Waals surface area contributed by atoms with Crippen molar-refractivity contribution >= 4 is 11.4 Å². The Balaban J connectivity index is 1.82. The van der Waals surface area contributed by atoms with Gasteiger partial charge in [-0.3, -0.25) is 0 Å². The molecule has 0 saturated heterocycles. The summed E-state index contributed by atoms with van der Waals surface area (Å²) in [6.07, 6.45) is 9.11. The van der Waals surface area contributed by atoms with Crippen molar-refractivity contribution < 1.29 is 0 Å². The van der Waals surface area contributed by atoms with Gasteiger partial charge in [0.15, 0.2) is 0 Å². The van der Waals surface area contributed by atoms with Crippen LogP contribution >= 0.6 is 0 Å². The second-order valence-electron chi connectivity index (χ2n) is 10.8. The van der Waals surface area contributed by atoms with Crippen LogP contribution in [0.3, 0.4) is 0 Å². The van der Waals surface area contributed by atoms with E-state index in [0.29, 0.717) is 17.8 Å². The van der Waals surface area contributed by atoms with Crippen LogP contribution in [0.5, 0.6) is 0 Å². The molecule has 2 aromatic rings. The molecule has 2 heterocycles. The fourth-order valence-corrected chi connectivity index (χ4v) is 5.41. The lowest BCUT2D eigenvalue weighted by Crippen LogP contribution is -2.28. The lowest BCUT2D eigenvalue weighted by atomic mass is 9.82. The number of anilines is 1. The highest BCUT2D eigenvalue weighted by atomic mass is 15.4. The molecule has 2 aromatic carbocycles. The summed E-state index contributed by atoms with van der Waals surface area (Å²) in [6, 6.07) is 9.51. The first-order valence-corrected chi connectivity index (χ1v) is 12.5. The van der Waals surface area contributed by atoms with E-state index in [1.54, 1.807) is 0 Å². The maximum Gasteiger partial charge on any atom is 0.0995 e. The van der Waals surface area contributed by atoms with Crippen molar-refractivity contribution in [2.45, 2.75) is 80.1 Å². The highest BCUT2D eigenvalue weighted by molar-refractivity contribution is 5.77. The Morgan fingerprint density at radius 1 is 0.758 bits per heavy atom. The Kier molecular flexibility index (Phi) is 6.31. The maximum atomic E-state index is 2.50. The summed E-state index contributed by atoms with van der Waals surface area (Å²) in [5.74, 6) is 1.46. The van der Waals surface area contributed by atoms with Crippen molar-refractivity contribution in [1.82, 2.24) is 4.90 Å². The Labute approximate surface area is 201 Å². The molecule has 0 aromatic heterocycles. The molecule has 0 N–H and O–H groups in total. The minimum Gasteiger partial charge on any atom is -0.327 e. The highest BCUT2D eigenvalue weighted by Crippen LogP contribution is 2.42. The van der Waals surface area contributed by atoms with E-state index >= 15 is 0 Å². The van der Waals surface area contributed by atoms with Crippen LogP contribution in [-0.2, 0) is 0 Å². The van der Waals surface area contributed by atoms with Crippen LogP contribution in [0.1, 0.15) is 98.2 Å². The number of hydrogen-bond donors (Lipinski definition) is 0. The summed E-state index contributed by atoms with van der Waals surface area (Å²) in [6.45, 7) is 21.4. The van der Waals surface area contributed by atoms with Crippen LogP contribution in [0.2, 0.25) is 0 Å². The van der Waals surface area contributed by atoms with Gasteiger partial charge in [-0.15, -0.1) is 0 Å². The Hall–Kier alpha value is -2.74. The average Bonchev–Trinajstić information content (AvgIpc) is 3.15. The van der Waals surface area contributed by atoms with E-state index < -0.39 is 0 Å². The van der Waals surface area contributed by atoms with Crippen LogP contribution in [0.4, 0.5) is 5.69 Å². The molecule has 2 heteroatoms. The third kappa shape index (κ3) is 4.28. The van der Waals surface area contributed by atoms with Crippen molar-refractivity contribution in [3.05, 3.63) is 93.3 Å². The number of aryl methyl sites for hydroxylation is 3. The van der Waals surface area contributed by atoms with Gasteiger partial charge in [-0.05, 0) is 78.5 Å². The number of fused-ring (bicyclic) bond motifs is 1. The van der Waals surface area contributed by atoms with E-state index in [4.69, 9.17) is 0 Å². The molecule has 0 amide bonds. The average molecular weight is 441 g/mol. The lowest BCUT2D eigenvalue weighted by Gasteiger charge is -2.33. The summed E-state index contributed by atoms with van der Waals surface area (Å²) >= 11 is 0. The molecule has 2 nitrogen and oxygen atoms in total. The molecule has 0 spiro atoms. The number of benzene rings is 2. The van der Waals surface area contributed by atoms with Gasteiger partial charge in [0.05, 0.1) is 18.1 Å². The second-order valence-corrected chi connectivity index (χ2v) is 10.8. The minimum absolute atomic E-state index is 0.468. The van der Waals surface area contributed by atoms with E-state index in [0.717, 1.165) is 6.67 Å². The van der Waals surface area contributed by atoms with Crippen LogP contribution in [0.25, 0.3) is 5.70 Å². The predicted molar refractivity (Wildman–Crippen MR) is 144 cm³/mol. The Morgan fingerprint density at radius 2 is 1.33 bits per heavy atom. The maximum absolute atomic E-state index is 2.50. The predicted octanol–water partition coefficient (Wildman–Crippen LogP) is 8.51. The molecule has 0 bridgehead atoms. The van der Waals surface area contributed by atoms with Crippen molar-refractivity contribution in [2.24, 2.45) is 0 Å². The molecular formula is C31H40N2.